The number of carbonyl (C=O) groups is 2. The molecule has 0 bridgehead atoms. The highest BCUT2D eigenvalue weighted by Crippen LogP contribution is 2.30. The second-order valence-corrected chi connectivity index (χ2v) is 15.2. The Morgan fingerprint density at radius 2 is 1.25 bits per heavy atom. The molecule has 2 aliphatic heterocycles. The maximum absolute atomic E-state index is 13.2. The first-order valence-corrected chi connectivity index (χ1v) is 22.4. The monoisotopic (exact) mass is 1010 g/mol. The summed E-state index contributed by atoms with van der Waals surface area (Å²) in [6, 6.07) is 19.2. The Hall–Kier alpha value is -5.04. The van der Waals surface area contributed by atoms with Gasteiger partial charge >= 0.3 is 10.4 Å². The summed E-state index contributed by atoms with van der Waals surface area (Å²) in [4.78, 5) is 21.7. The van der Waals surface area contributed by atoms with Gasteiger partial charge in [-0.05, 0) is 69.3 Å². The number of hydrogen-bond donors (Lipinski definition) is 9. The molecule has 6 rings (SSSR count). The fourth-order valence-electron chi connectivity index (χ4n) is 4.51. The number of carbonyl (C=O) groups excluding carboxylic acids is 2. The van der Waals surface area contributed by atoms with E-state index in [2.05, 4.69) is 42.6 Å². The molecule has 2 heterocycles. The van der Waals surface area contributed by atoms with Crippen molar-refractivity contribution >= 4 is 87.2 Å². The molecular formula is C37H45Cl3F4N8O10S2. The average molecular weight is 1010 g/mol. The van der Waals surface area contributed by atoms with Gasteiger partial charge in [0.05, 0.1) is 35.8 Å². The van der Waals surface area contributed by atoms with E-state index in [9.17, 15) is 27.2 Å². The Labute approximate surface area is 382 Å². The van der Waals surface area contributed by atoms with Crippen LogP contribution in [0.25, 0.3) is 0 Å². The average Bonchev–Trinajstić information content (AvgIpc) is 3.19. The zero-order chi connectivity index (χ0) is 49.0. The van der Waals surface area contributed by atoms with Gasteiger partial charge in [-0.3, -0.25) is 24.0 Å². The first-order valence-electron chi connectivity index (χ1n) is 17.8. The fraction of sp³-hybridized carbons (Fsp3) is 0.270. The van der Waals surface area contributed by atoms with Crippen molar-refractivity contribution in [3.8, 4) is 6.07 Å². The van der Waals surface area contributed by atoms with Crippen LogP contribution in [0.15, 0.2) is 72.8 Å². The SMILES string of the molecule is CCOC(OCC)OCC.Fc1cccc2c1C(Cl)NCN2.N#Cc1c(N)cccc1F.NC(=O)c1c(N)cccc1F.O=C1NCNc2cccc(F)c21.O=S(=O)(O)O.O=S(Cl)Cl. The van der Waals surface area contributed by atoms with Gasteiger partial charge in [-0.25, -0.2) is 21.8 Å². The number of nitrogens with two attached hydrogens (primary N) is 3. The van der Waals surface area contributed by atoms with Gasteiger partial charge in [0, 0.05) is 58.1 Å². The summed E-state index contributed by atoms with van der Waals surface area (Å²) in [5.41, 5.74) is 16.8. The first-order chi connectivity index (χ1) is 30.0. The van der Waals surface area contributed by atoms with Crippen molar-refractivity contribution < 1.29 is 63.1 Å². The number of nitrogens with one attached hydrogen (secondary N) is 4. The standard InChI is InChI=1S/C8H8ClFN2.C8H7FN2O.C7H7FN2O.C7H5FN2.C7H16O3.Cl2OS.H2O4S/c9-8-7-5(10)2-1-3-6(7)11-4-12-8;9-5-2-1-3-6-7(5)8(12)11-4-10-6;8-4-2-1-3-5(9)6(4)7(10)11;8-6-2-1-3-7(10)5(6)4-9;1-4-8-7(9-5-2)10-6-3;1-4(2)3;1-5(2,3)4/h1-3,8,11-12H,4H2;1-3,10H,4H2,(H,11,12);1-3H,9H2,(H2,10,11);1-3H,10H2;7H,4-6H2,1-3H3;;(H2,1,2,3,4). The van der Waals surface area contributed by atoms with Gasteiger partial charge in [-0.15, -0.1) is 11.6 Å². The Kier molecular flexibility index (Phi) is 29.2. The predicted octanol–water partition coefficient (Wildman–Crippen LogP) is 6.53. The number of primary amides is 1. The molecule has 1 unspecified atom stereocenters. The van der Waals surface area contributed by atoms with Crippen LogP contribution in [-0.2, 0) is 33.8 Å². The summed E-state index contributed by atoms with van der Waals surface area (Å²) >= 11 is 5.86. The predicted molar refractivity (Wildman–Crippen MR) is 237 cm³/mol. The van der Waals surface area contributed by atoms with Gasteiger partial charge in [0.2, 0.25) is 9.23 Å². The van der Waals surface area contributed by atoms with E-state index in [-0.39, 0.29) is 39.8 Å². The van der Waals surface area contributed by atoms with Gasteiger partial charge in [0.1, 0.15) is 40.4 Å². The van der Waals surface area contributed by atoms with Crippen LogP contribution in [0, 0.1) is 34.6 Å². The zero-order valence-corrected chi connectivity index (χ0v) is 37.8. The van der Waals surface area contributed by atoms with Gasteiger partial charge in [0.15, 0.2) is 0 Å². The van der Waals surface area contributed by atoms with Crippen LogP contribution in [0.2, 0.25) is 0 Å². The number of fused-ring (bicyclic) bond motifs is 2. The van der Waals surface area contributed by atoms with Crippen molar-refractivity contribution in [2.75, 3.05) is 55.3 Å². The number of hydrogen-bond acceptors (Lipinski definition) is 14. The number of rotatable bonds is 7. The number of halogens is 7. The number of amides is 2. The molecule has 2 aliphatic rings. The molecule has 0 fully saturated rings. The molecule has 1 atom stereocenters. The number of nitriles is 1. The molecule has 12 N–H and O–H groups in total. The molecule has 2 amide bonds. The van der Waals surface area contributed by atoms with Crippen molar-refractivity contribution in [1.29, 1.82) is 5.26 Å². The first kappa shape index (κ1) is 59.0. The van der Waals surface area contributed by atoms with E-state index in [1.54, 1.807) is 24.3 Å². The topological polar surface area (TPSA) is 303 Å². The van der Waals surface area contributed by atoms with Crippen molar-refractivity contribution in [2.24, 2.45) is 5.73 Å². The number of ether oxygens (including phenoxy) is 3. The number of nitrogen functional groups attached to an aromatic ring is 2. The van der Waals surface area contributed by atoms with E-state index in [1.165, 1.54) is 42.5 Å². The molecule has 0 radical (unpaired) electrons. The maximum atomic E-state index is 13.2. The second kappa shape index (κ2) is 31.7. The van der Waals surface area contributed by atoms with E-state index < -0.39 is 55.0 Å². The van der Waals surface area contributed by atoms with Crippen LogP contribution < -0.4 is 38.5 Å². The Morgan fingerprint density at radius 3 is 1.66 bits per heavy atom. The maximum Gasteiger partial charge on any atom is 0.394 e. The summed E-state index contributed by atoms with van der Waals surface area (Å²) in [5.74, 6) is -3.22. The van der Waals surface area contributed by atoms with E-state index in [0.717, 1.165) is 11.8 Å². The molecule has 354 valence electrons. The lowest BCUT2D eigenvalue weighted by Crippen LogP contribution is -2.35. The normalized spacial score (nSPS) is 12.9. The number of anilines is 4. The fourth-order valence-corrected chi connectivity index (χ4v) is 4.81. The summed E-state index contributed by atoms with van der Waals surface area (Å²) < 4.78 is 107. The van der Waals surface area contributed by atoms with E-state index in [0.29, 0.717) is 44.4 Å². The van der Waals surface area contributed by atoms with Crippen molar-refractivity contribution in [2.45, 2.75) is 32.7 Å². The van der Waals surface area contributed by atoms with Crippen molar-refractivity contribution in [3.63, 3.8) is 0 Å². The highest BCUT2D eigenvalue weighted by Gasteiger charge is 2.21. The van der Waals surface area contributed by atoms with E-state index in [1.807, 2.05) is 26.8 Å². The molecule has 0 saturated heterocycles. The number of benzene rings is 4. The summed E-state index contributed by atoms with van der Waals surface area (Å²) in [6.45, 7) is 8.03. The van der Waals surface area contributed by atoms with Gasteiger partial charge in [-0.2, -0.15) is 13.7 Å². The molecule has 64 heavy (non-hydrogen) atoms. The van der Waals surface area contributed by atoms with Crippen molar-refractivity contribution in [1.82, 2.24) is 10.6 Å². The van der Waals surface area contributed by atoms with Crippen LogP contribution >= 0.6 is 33.0 Å². The third kappa shape index (κ3) is 24.1. The highest BCUT2D eigenvalue weighted by molar-refractivity contribution is 8.26. The minimum Gasteiger partial charge on any atom is -0.398 e. The summed E-state index contributed by atoms with van der Waals surface area (Å²) in [5, 5.41) is 19.6. The molecule has 18 nitrogen and oxygen atoms in total. The molecule has 0 saturated carbocycles. The largest absolute Gasteiger partial charge is 0.398 e. The minimum absolute atomic E-state index is 0.0671. The third-order valence-electron chi connectivity index (χ3n) is 6.99. The van der Waals surface area contributed by atoms with Crippen LogP contribution in [-0.4, -0.2) is 73.2 Å². The summed E-state index contributed by atoms with van der Waals surface area (Å²) in [6.07, 6.45) is 0. The highest BCUT2D eigenvalue weighted by atomic mass is 36.0. The molecular weight excluding hydrogens is 963 g/mol. The molecule has 0 aromatic heterocycles. The minimum atomic E-state index is -4.67. The van der Waals surface area contributed by atoms with Gasteiger partial charge in [0.25, 0.3) is 18.3 Å². The van der Waals surface area contributed by atoms with Crippen LogP contribution in [0.4, 0.5) is 40.3 Å². The third-order valence-corrected chi connectivity index (χ3v) is 7.37. The van der Waals surface area contributed by atoms with Crippen LogP contribution in [0.5, 0.6) is 0 Å². The molecule has 0 aliphatic carbocycles. The van der Waals surface area contributed by atoms with Crippen LogP contribution in [0.1, 0.15) is 58.1 Å². The van der Waals surface area contributed by atoms with E-state index in [4.69, 9.17) is 70.0 Å². The van der Waals surface area contributed by atoms with Crippen LogP contribution in [0.3, 0.4) is 0 Å². The van der Waals surface area contributed by atoms with E-state index >= 15 is 0 Å². The lowest BCUT2D eigenvalue weighted by molar-refractivity contribution is -0.282. The Bertz CT molecular complexity index is 2210. The molecule has 4 aromatic carbocycles. The second-order valence-electron chi connectivity index (χ2n) is 11.3. The number of nitrogens with zero attached hydrogens (tertiary/aromatic N) is 1. The molecule has 27 heteroatoms. The smallest absolute Gasteiger partial charge is 0.394 e. The lowest BCUT2D eigenvalue weighted by atomic mass is 10.1. The molecule has 0 spiro atoms. The zero-order valence-electron chi connectivity index (χ0n) is 33.9. The quantitative estimate of drug-likeness (QED) is 0.0181. The Balaban J connectivity index is 0.000000742. The molecule has 4 aromatic rings. The number of alkyl halides is 1. The summed E-state index contributed by atoms with van der Waals surface area (Å²) in [7, 11) is 2.69. The van der Waals surface area contributed by atoms with Crippen molar-refractivity contribution in [3.05, 3.63) is 118 Å². The van der Waals surface area contributed by atoms with Gasteiger partial charge in [-0.1, -0.05) is 24.3 Å². The van der Waals surface area contributed by atoms with Gasteiger partial charge < -0.3 is 47.4 Å². The Morgan fingerprint density at radius 1 is 0.812 bits per heavy atom. The lowest BCUT2D eigenvalue weighted by Gasteiger charge is -2.23.